The first-order valence-corrected chi connectivity index (χ1v) is 9.59. The maximum absolute atomic E-state index is 4.65. The molecule has 0 aliphatic carbocycles. The Hall–Kier alpha value is -3.22. The Balaban J connectivity index is 1.41. The van der Waals surface area contributed by atoms with E-state index in [9.17, 15) is 0 Å². The molecule has 1 aliphatic rings. The second kappa shape index (κ2) is 8.21. The molecular formula is C21H25N7. The Bertz CT molecular complexity index is 921. The summed E-state index contributed by atoms with van der Waals surface area (Å²) in [5.74, 6) is 3.39. The molecule has 0 spiro atoms. The molecule has 0 saturated carbocycles. The van der Waals surface area contributed by atoms with Gasteiger partial charge >= 0.3 is 0 Å². The van der Waals surface area contributed by atoms with Gasteiger partial charge in [0.2, 0.25) is 5.95 Å². The van der Waals surface area contributed by atoms with Crippen LogP contribution in [-0.2, 0) is 6.54 Å². The van der Waals surface area contributed by atoms with E-state index in [1.807, 2.05) is 19.1 Å². The van der Waals surface area contributed by atoms with Crippen molar-refractivity contribution < 1.29 is 0 Å². The van der Waals surface area contributed by atoms with Crippen LogP contribution in [0.15, 0.2) is 48.8 Å². The highest BCUT2D eigenvalue weighted by Gasteiger charge is 2.20. The molecule has 0 unspecified atom stereocenters. The van der Waals surface area contributed by atoms with Gasteiger partial charge in [0.05, 0.1) is 0 Å². The molecule has 2 aromatic heterocycles. The molecule has 3 aromatic rings. The number of piperazine rings is 1. The van der Waals surface area contributed by atoms with Gasteiger partial charge in [-0.3, -0.25) is 0 Å². The minimum absolute atomic E-state index is 0.747. The highest BCUT2D eigenvalue weighted by molar-refractivity contribution is 5.51. The van der Waals surface area contributed by atoms with Gasteiger partial charge in [-0.05, 0) is 25.5 Å². The summed E-state index contributed by atoms with van der Waals surface area (Å²) >= 11 is 0. The van der Waals surface area contributed by atoms with Gasteiger partial charge in [0.25, 0.3) is 0 Å². The molecule has 1 saturated heterocycles. The second-order valence-corrected chi connectivity index (χ2v) is 7.02. The molecule has 144 valence electrons. The summed E-state index contributed by atoms with van der Waals surface area (Å²) < 4.78 is 0. The molecule has 0 amide bonds. The van der Waals surface area contributed by atoms with Gasteiger partial charge in [-0.25, -0.2) is 19.9 Å². The topological polar surface area (TPSA) is 70.1 Å². The number of hydrogen-bond acceptors (Lipinski definition) is 7. The Morgan fingerprint density at radius 1 is 0.893 bits per heavy atom. The lowest BCUT2D eigenvalue weighted by molar-refractivity contribution is 0.633. The number of anilines is 3. The molecule has 0 atom stereocenters. The number of hydrogen-bond donors (Lipinski definition) is 1. The number of aromatic nitrogens is 4. The van der Waals surface area contributed by atoms with Crippen molar-refractivity contribution >= 4 is 17.6 Å². The van der Waals surface area contributed by atoms with Crippen molar-refractivity contribution in [2.45, 2.75) is 20.4 Å². The maximum Gasteiger partial charge on any atom is 0.225 e. The van der Waals surface area contributed by atoms with Crippen molar-refractivity contribution in [2.75, 3.05) is 41.3 Å². The predicted molar refractivity (Wildman–Crippen MR) is 112 cm³/mol. The van der Waals surface area contributed by atoms with Crippen LogP contribution in [-0.4, -0.2) is 46.1 Å². The lowest BCUT2D eigenvalue weighted by Gasteiger charge is -2.35. The third-order valence-corrected chi connectivity index (χ3v) is 4.82. The van der Waals surface area contributed by atoms with Crippen LogP contribution in [0.2, 0.25) is 0 Å². The van der Waals surface area contributed by atoms with E-state index in [1.54, 1.807) is 12.4 Å². The molecule has 0 radical (unpaired) electrons. The Labute approximate surface area is 165 Å². The molecule has 28 heavy (non-hydrogen) atoms. The number of benzene rings is 1. The van der Waals surface area contributed by atoms with Crippen molar-refractivity contribution in [1.29, 1.82) is 0 Å². The average molecular weight is 375 g/mol. The molecule has 1 aromatic carbocycles. The monoisotopic (exact) mass is 375 g/mol. The molecular weight excluding hydrogens is 350 g/mol. The fourth-order valence-electron chi connectivity index (χ4n) is 3.41. The third kappa shape index (κ3) is 4.36. The molecule has 1 aliphatic heterocycles. The first kappa shape index (κ1) is 18.2. The van der Waals surface area contributed by atoms with Crippen LogP contribution in [0.4, 0.5) is 17.6 Å². The van der Waals surface area contributed by atoms with E-state index in [2.05, 4.69) is 66.2 Å². The summed E-state index contributed by atoms with van der Waals surface area (Å²) in [4.78, 5) is 22.4. The molecule has 7 heteroatoms. The van der Waals surface area contributed by atoms with Gasteiger partial charge in [0, 0.05) is 51.2 Å². The highest BCUT2D eigenvalue weighted by Crippen LogP contribution is 2.19. The summed E-state index contributed by atoms with van der Waals surface area (Å²) in [6.45, 7) is 8.30. The van der Waals surface area contributed by atoms with Crippen LogP contribution in [0.1, 0.15) is 17.0 Å². The molecule has 0 bridgehead atoms. The predicted octanol–water partition coefficient (Wildman–Crippen LogP) is 2.82. The lowest BCUT2D eigenvalue weighted by Crippen LogP contribution is -2.47. The van der Waals surface area contributed by atoms with Gasteiger partial charge in [-0.2, -0.15) is 0 Å². The molecule has 1 N–H and O–H groups in total. The van der Waals surface area contributed by atoms with Crippen LogP contribution in [0.5, 0.6) is 0 Å². The van der Waals surface area contributed by atoms with Gasteiger partial charge in [-0.1, -0.05) is 29.8 Å². The quantitative estimate of drug-likeness (QED) is 0.735. The Kier molecular flexibility index (Phi) is 5.32. The fourth-order valence-corrected chi connectivity index (χ4v) is 3.41. The van der Waals surface area contributed by atoms with E-state index in [0.717, 1.165) is 56.1 Å². The third-order valence-electron chi connectivity index (χ3n) is 4.82. The summed E-state index contributed by atoms with van der Waals surface area (Å²) in [6.07, 6.45) is 3.57. The average Bonchev–Trinajstić information content (AvgIpc) is 2.73. The normalized spacial score (nSPS) is 14.2. The Morgan fingerprint density at radius 3 is 2.39 bits per heavy atom. The van der Waals surface area contributed by atoms with Crippen LogP contribution in [0.25, 0.3) is 0 Å². The van der Waals surface area contributed by atoms with E-state index < -0.39 is 0 Å². The standard InChI is InChI=1S/C21H25N7/c1-16-5-3-6-18(13-16)15-24-19-14-20(26-17(2)25-19)27-9-11-28(12-10-27)21-22-7-4-8-23-21/h3-8,13-14H,9-12,15H2,1-2H3,(H,24,25,26). The minimum atomic E-state index is 0.747. The molecule has 7 nitrogen and oxygen atoms in total. The lowest BCUT2D eigenvalue weighted by atomic mass is 10.1. The summed E-state index contributed by atoms with van der Waals surface area (Å²) in [5.41, 5.74) is 2.51. The van der Waals surface area contributed by atoms with E-state index in [4.69, 9.17) is 0 Å². The van der Waals surface area contributed by atoms with Crippen molar-refractivity contribution in [3.8, 4) is 0 Å². The van der Waals surface area contributed by atoms with Crippen molar-refractivity contribution in [3.63, 3.8) is 0 Å². The Morgan fingerprint density at radius 2 is 1.64 bits per heavy atom. The smallest absolute Gasteiger partial charge is 0.225 e. The van der Waals surface area contributed by atoms with Crippen LogP contribution in [0.3, 0.4) is 0 Å². The van der Waals surface area contributed by atoms with Crippen molar-refractivity contribution in [2.24, 2.45) is 0 Å². The second-order valence-electron chi connectivity index (χ2n) is 7.02. The van der Waals surface area contributed by atoms with E-state index in [-0.39, 0.29) is 0 Å². The van der Waals surface area contributed by atoms with Crippen LogP contribution >= 0.6 is 0 Å². The van der Waals surface area contributed by atoms with Gasteiger partial charge in [-0.15, -0.1) is 0 Å². The van der Waals surface area contributed by atoms with E-state index >= 15 is 0 Å². The van der Waals surface area contributed by atoms with Gasteiger partial charge in [0.15, 0.2) is 0 Å². The molecule has 4 rings (SSSR count). The molecule has 3 heterocycles. The number of rotatable bonds is 5. The zero-order chi connectivity index (χ0) is 19.3. The van der Waals surface area contributed by atoms with Gasteiger partial charge in [0.1, 0.15) is 17.5 Å². The van der Waals surface area contributed by atoms with E-state index in [1.165, 1.54) is 11.1 Å². The number of aryl methyl sites for hydroxylation is 2. The zero-order valence-electron chi connectivity index (χ0n) is 16.3. The molecule has 1 fully saturated rings. The van der Waals surface area contributed by atoms with Gasteiger partial charge < -0.3 is 15.1 Å². The number of nitrogens with one attached hydrogen (secondary N) is 1. The van der Waals surface area contributed by atoms with Crippen LogP contribution in [0, 0.1) is 13.8 Å². The first-order chi connectivity index (χ1) is 13.7. The summed E-state index contributed by atoms with van der Waals surface area (Å²) in [7, 11) is 0. The minimum Gasteiger partial charge on any atom is -0.366 e. The van der Waals surface area contributed by atoms with E-state index in [0.29, 0.717) is 0 Å². The number of nitrogens with zero attached hydrogens (tertiary/aromatic N) is 6. The van der Waals surface area contributed by atoms with Crippen molar-refractivity contribution in [1.82, 2.24) is 19.9 Å². The van der Waals surface area contributed by atoms with Crippen LogP contribution < -0.4 is 15.1 Å². The summed E-state index contributed by atoms with van der Waals surface area (Å²) in [5, 5.41) is 3.43. The fraction of sp³-hybridized carbons (Fsp3) is 0.333. The maximum atomic E-state index is 4.65. The largest absolute Gasteiger partial charge is 0.366 e. The first-order valence-electron chi connectivity index (χ1n) is 9.59. The van der Waals surface area contributed by atoms with Crippen molar-refractivity contribution in [3.05, 3.63) is 65.7 Å². The highest BCUT2D eigenvalue weighted by atomic mass is 15.3. The summed E-state index contributed by atoms with van der Waals surface area (Å²) in [6, 6.07) is 12.4. The SMILES string of the molecule is Cc1cccc(CNc2cc(N3CCN(c4ncccn4)CC3)nc(C)n2)c1. The zero-order valence-corrected chi connectivity index (χ0v) is 16.3.